The number of hydrogen-bond donors (Lipinski definition) is 1. The third-order valence-corrected chi connectivity index (χ3v) is 4.00. The first kappa shape index (κ1) is 16.7. The summed E-state index contributed by atoms with van der Waals surface area (Å²) < 4.78 is 20.4. The molecule has 128 valence electrons. The molecule has 0 radical (unpaired) electrons. The van der Waals surface area contributed by atoms with Gasteiger partial charge in [0.15, 0.2) is 0 Å². The topological polar surface area (TPSA) is 60.3 Å². The summed E-state index contributed by atoms with van der Waals surface area (Å²) in [7, 11) is 3.20. The Labute approximate surface area is 143 Å². The van der Waals surface area contributed by atoms with Gasteiger partial charge in [-0.25, -0.2) is 4.39 Å². The van der Waals surface area contributed by atoms with Crippen LogP contribution in [0.3, 0.4) is 0 Å². The molecule has 0 saturated carbocycles. The van der Waals surface area contributed by atoms with Crippen molar-refractivity contribution in [3.8, 4) is 5.75 Å². The lowest BCUT2D eigenvalue weighted by Crippen LogP contribution is -2.23. The van der Waals surface area contributed by atoms with Crippen LogP contribution in [0.4, 0.5) is 10.1 Å². The number of nitrogens with zero attached hydrogens (tertiary/aromatic N) is 1. The molecule has 0 atom stereocenters. The molecule has 0 fully saturated rings. The maximum Gasteiger partial charge on any atom is 0.261 e. The Morgan fingerprint density at radius 1 is 1.20 bits per heavy atom. The summed E-state index contributed by atoms with van der Waals surface area (Å²) in [5.41, 5.74) is 1.37. The summed E-state index contributed by atoms with van der Waals surface area (Å²) in [5, 5.41) is 2.85. The van der Waals surface area contributed by atoms with Gasteiger partial charge in [-0.1, -0.05) is 6.07 Å². The molecular weight excluding hydrogens is 323 g/mol. The molecule has 6 heteroatoms. The van der Waals surface area contributed by atoms with Crippen molar-refractivity contribution in [2.75, 3.05) is 12.4 Å². The predicted octanol–water partition coefficient (Wildman–Crippen LogP) is 3.25. The van der Waals surface area contributed by atoms with Crippen LogP contribution in [0.5, 0.6) is 5.75 Å². The molecule has 1 N–H and O–H groups in total. The van der Waals surface area contributed by atoms with E-state index in [0.717, 1.165) is 11.6 Å². The van der Waals surface area contributed by atoms with E-state index in [-0.39, 0.29) is 10.9 Å². The van der Waals surface area contributed by atoms with E-state index in [2.05, 4.69) is 5.32 Å². The van der Waals surface area contributed by atoms with Crippen molar-refractivity contribution in [3.05, 3.63) is 69.8 Å². The Balaban J connectivity index is 2.08. The van der Waals surface area contributed by atoms with Crippen molar-refractivity contribution >= 4 is 22.5 Å². The highest BCUT2D eigenvalue weighted by Gasteiger charge is 2.16. The number of hydrogen-bond acceptors (Lipinski definition) is 3. The molecule has 0 bridgehead atoms. The highest BCUT2D eigenvalue weighted by atomic mass is 19.1. The van der Waals surface area contributed by atoms with Crippen molar-refractivity contribution in [2.24, 2.45) is 7.05 Å². The van der Waals surface area contributed by atoms with E-state index in [4.69, 9.17) is 4.74 Å². The molecule has 25 heavy (non-hydrogen) atoms. The zero-order chi connectivity index (χ0) is 18.1. The first-order valence-electron chi connectivity index (χ1n) is 7.65. The van der Waals surface area contributed by atoms with E-state index < -0.39 is 17.2 Å². The number of halogens is 1. The lowest BCUT2D eigenvalue weighted by Gasteiger charge is -2.12. The summed E-state index contributed by atoms with van der Waals surface area (Å²) in [6.07, 6.45) is 1.44. The molecule has 3 rings (SSSR count). The number of rotatable bonds is 3. The molecular formula is C19H17FN2O3. The average molecular weight is 340 g/mol. The van der Waals surface area contributed by atoms with Gasteiger partial charge < -0.3 is 14.6 Å². The predicted molar refractivity (Wildman–Crippen MR) is 94.8 cm³/mol. The first-order chi connectivity index (χ1) is 11.9. The van der Waals surface area contributed by atoms with Crippen molar-refractivity contribution < 1.29 is 13.9 Å². The van der Waals surface area contributed by atoms with Gasteiger partial charge in [0.2, 0.25) is 5.43 Å². The lowest BCUT2D eigenvalue weighted by atomic mass is 10.1. The quantitative estimate of drug-likeness (QED) is 0.796. The van der Waals surface area contributed by atoms with Gasteiger partial charge in [-0.15, -0.1) is 0 Å². The molecule has 1 amide bonds. The summed E-state index contributed by atoms with van der Waals surface area (Å²) in [6.45, 7) is 1.88. The van der Waals surface area contributed by atoms with E-state index in [0.29, 0.717) is 17.0 Å². The zero-order valence-corrected chi connectivity index (χ0v) is 14.1. The Hall–Kier alpha value is -3.15. The second kappa shape index (κ2) is 6.39. The van der Waals surface area contributed by atoms with Crippen LogP contribution in [-0.4, -0.2) is 17.6 Å². The molecule has 0 unspecified atom stereocenters. The van der Waals surface area contributed by atoms with Gasteiger partial charge in [-0.05, 0) is 42.8 Å². The molecule has 1 heterocycles. The third-order valence-electron chi connectivity index (χ3n) is 4.00. The van der Waals surface area contributed by atoms with Crippen LogP contribution < -0.4 is 15.5 Å². The number of methoxy groups -OCH3 is 1. The first-order valence-corrected chi connectivity index (χ1v) is 7.65. The van der Waals surface area contributed by atoms with Gasteiger partial charge in [0, 0.05) is 18.6 Å². The van der Waals surface area contributed by atoms with Crippen molar-refractivity contribution in [1.82, 2.24) is 4.57 Å². The maximum absolute atomic E-state index is 13.5. The van der Waals surface area contributed by atoms with Crippen LogP contribution in [0, 0.1) is 12.7 Å². The number of anilines is 1. The highest BCUT2D eigenvalue weighted by Crippen LogP contribution is 2.25. The fraction of sp³-hybridized carbons (Fsp3) is 0.158. The minimum absolute atomic E-state index is 0.0656. The second-order valence-electron chi connectivity index (χ2n) is 5.80. The molecule has 0 aliphatic heterocycles. The number of nitrogens with one attached hydrogen (secondary N) is 1. The fourth-order valence-corrected chi connectivity index (χ4v) is 2.74. The third kappa shape index (κ3) is 3.10. The van der Waals surface area contributed by atoms with Gasteiger partial charge in [0.05, 0.1) is 18.3 Å². The number of amides is 1. The van der Waals surface area contributed by atoms with E-state index in [1.54, 1.807) is 23.7 Å². The average Bonchev–Trinajstić information content (AvgIpc) is 2.58. The number of aryl methyl sites for hydroxylation is 2. The number of carbonyl (C=O) groups excluding carboxylic acids is 1. The van der Waals surface area contributed by atoms with Gasteiger partial charge in [0.25, 0.3) is 5.91 Å². The summed E-state index contributed by atoms with van der Waals surface area (Å²) in [6, 6.07) is 9.27. The Morgan fingerprint density at radius 2 is 1.96 bits per heavy atom. The van der Waals surface area contributed by atoms with Crippen LogP contribution >= 0.6 is 0 Å². The number of benzene rings is 2. The van der Waals surface area contributed by atoms with Crippen LogP contribution in [-0.2, 0) is 7.05 Å². The Bertz CT molecular complexity index is 1040. The largest absolute Gasteiger partial charge is 0.495 e. The van der Waals surface area contributed by atoms with Crippen molar-refractivity contribution in [2.45, 2.75) is 6.92 Å². The molecule has 0 spiro atoms. The standard InChI is InChI=1S/C19H17FN2O3/c1-11-4-7-17(25-3)15(8-11)21-19(24)14-10-22(2)16-6-5-12(20)9-13(16)18(14)23/h4-10H,1-3H3,(H,21,24). The lowest BCUT2D eigenvalue weighted by molar-refractivity contribution is 0.102. The summed E-state index contributed by atoms with van der Waals surface area (Å²) in [4.78, 5) is 25.2. The molecule has 1 aromatic heterocycles. The van der Waals surface area contributed by atoms with E-state index in [1.165, 1.54) is 25.4 Å². The highest BCUT2D eigenvalue weighted by molar-refractivity contribution is 6.06. The monoisotopic (exact) mass is 340 g/mol. The SMILES string of the molecule is COc1ccc(C)cc1NC(=O)c1cn(C)c2ccc(F)cc2c1=O. The smallest absolute Gasteiger partial charge is 0.261 e. The van der Waals surface area contributed by atoms with Gasteiger partial charge in [0.1, 0.15) is 17.1 Å². The minimum Gasteiger partial charge on any atom is -0.495 e. The van der Waals surface area contributed by atoms with Gasteiger partial charge >= 0.3 is 0 Å². The maximum atomic E-state index is 13.5. The number of carbonyl (C=O) groups is 1. The fourth-order valence-electron chi connectivity index (χ4n) is 2.74. The molecule has 5 nitrogen and oxygen atoms in total. The number of aromatic nitrogens is 1. The number of fused-ring (bicyclic) bond motifs is 1. The van der Waals surface area contributed by atoms with E-state index in [1.807, 2.05) is 13.0 Å². The Morgan fingerprint density at radius 3 is 2.68 bits per heavy atom. The summed E-state index contributed by atoms with van der Waals surface area (Å²) in [5.74, 6) is -0.610. The minimum atomic E-state index is -0.573. The van der Waals surface area contributed by atoms with Crippen LogP contribution in [0.15, 0.2) is 47.4 Å². The van der Waals surface area contributed by atoms with Crippen LogP contribution in [0.1, 0.15) is 15.9 Å². The van der Waals surface area contributed by atoms with Crippen LogP contribution in [0.25, 0.3) is 10.9 Å². The number of pyridine rings is 1. The zero-order valence-electron chi connectivity index (χ0n) is 14.1. The molecule has 0 aliphatic carbocycles. The molecule has 2 aromatic carbocycles. The van der Waals surface area contributed by atoms with Crippen molar-refractivity contribution in [1.29, 1.82) is 0 Å². The molecule has 0 saturated heterocycles. The van der Waals surface area contributed by atoms with E-state index >= 15 is 0 Å². The normalized spacial score (nSPS) is 10.7. The van der Waals surface area contributed by atoms with Crippen LogP contribution in [0.2, 0.25) is 0 Å². The Kier molecular flexibility index (Phi) is 4.27. The van der Waals surface area contributed by atoms with E-state index in [9.17, 15) is 14.0 Å². The molecule has 3 aromatic rings. The van der Waals surface area contributed by atoms with Gasteiger partial charge in [-0.2, -0.15) is 0 Å². The van der Waals surface area contributed by atoms with Gasteiger partial charge in [-0.3, -0.25) is 9.59 Å². The molecule has 0 aliphatic rings. The number of ether oxygens (including phenoxy) is 1. The summed E-state index contributed by atoms with van der Waals surface area (Å²) >= 11 is 0. The second-order valence-corrected chi connectivity index (χ2v) is 5.80. The van der Waals surface area contributed by atoms with Crippen molar-refractivity contribution in [3.63, 3.8) is 0 Å².